The van der Waals surface area contributed by atoms with Gasteiger partial charge in [0.1, 0.15) is 5.75 Å². The number of hydrogen-bond acceptors (Lipinski definition) is 5. The van der Waals surface area contributed by atoms with Crippen molar-refractivity contribution in [3.05, 3.63) is 88.4 Å². The summed E-state index contributed by atoms with van der Waals surface area (Å²) in [6.07, 6.45) is 0. The Bertz CT molecular complexity index is 1260. The van der Waals surface area contributed by atoms with E-state index in [1.807, 2.05) is 0 Å². The lowest BCUT2D eigenvalue weighted by molar-refractivity contribution is 0.0951. The van der Waals surface area contributed by atoms with Gasteiger partial charge in [-0.1, -0.05) is 41.9 Å². The highest BCUT2D eigenvalue weighted by atomic mass is 35.5. The van der Waals surface area contributed by atoms with E-state index in [0.717, 1.165) is 0 Å². The number of carbonyl (C=O) groups is 2. The first kappa shape index (κ1) is 23.3. The topological polar surface area (TPSA) is 102 Å². The number of carbonyl (C=O) groups excluding carboxylic acids is 2. The summed E-state index contributed by atoms with van der Waals surface area (Å²) in [6.45, 7) is 2.12. The van der Waals surface area contributed by atoms with Crippen molar-refractivity contribution >= 4 is 39.0 Å². The molecule has 3 rings (SSSR count). The minimum absolute atomic E-state index is 0.0682. The second-order valence-corrected chi connectivity index (χ2v) is 8.83. The molecular formula is C23H21ClN2O5S. The number of ketones is 1. The number of anilines is 1. The van der Waals surface area contributed by atoms with Gasteiger partial charge in [0.2, 0.25) is 0 Å². The van der Waals surface area contributed by atoms with Crippen LogP contribution < -0.4 is 14.8 Å². The van der Waals surface area contributed by atoms with Crippen LogP contribution in [-0.2, 0) is 10.0 Å². The van der Waals surface area contributed by atoms with Crippen molar-refractivity contribution < 1.29 is 22.7 Å². The van der Waals surface area contributed by atoms with Gasteiger partial charge in [0.05, 0.1) is 23.3 Å². The number of benzene rings is 3. The van der Waals surface area contributed by atoms with Crippen LogP contribution in [0.25, 0.3) is 0 Å². The van der Waals surface area contributed by atoms with Crippen molar-refractivity contribution in [3.8, 4) is 5.75 Å². The third kappa shape index (κ3) is 5.09. The van der Waals surface area contributed by atoms with E-state index in [1.54, 1.807) is 37.3 Å². The fourth-order valence-electron chi connectivity index (χ4n) is 3.03. The minimum atomic E-state index is -4.14. The Morgan fingerprint density at radius 2 is 1.69 bits per heavy atom. The first-order chi connectivity index (χ1) is 15.3. The van der Waals surface area contributed by atoms with E-state index in [1.165, 1.54) is 43.5 Å². The third-order valence-corrected chi connectivity index (χ3v) is 6.17. The van der Waals surface area contributed by atoms with Gasteiger partial charge in [-0.15, -0.1) is 0 Å². The molecular weight excluding hydrogens is 452 g/mol. The van der Waals surface area contributed by atoms with Gasteiger partial charge in [-0.2, -0.15) is 0 Å². The maximum atomic E-state index is 13.1. The van der Waals surface area contributed by atoms with Gasteiger partial charge < -0.3 is 10.1 Å². The summed E-state index contributed by atoms with van der Waals surface area (Å²) in [5.74, 6) is -0.613. The molecule has 9 heteroatoms. The molecule has 1 amide bonds. The number of amides is 1. The van der Waals surface area contributed by atoms with Crippen molar-refractivity contribution in [2.45, 2.75) is 11.8 Å². The van der Waals surface area contributed by atoms with Gasteiger partial charge in [-0.3, -0.25) is 14.3 Å². The summed E-state index contributed by atoms with van der Waals surface area (Å²) in [6, 6.07) is 16.7. The van der Waals surface area contributed by atoms with Gasteiger partial charge in [-0.05, 0) is 43.3 Å². The van der Waals surface area contributed by atoms with Crippen molar-refractivity contribution in [2.75, 3.05) is 18.4 Å². The van der Waals surface area contributed by atoms with Crippen LogP contribution in [0.4, 0.5) is 5.69 Å². The zero-order valence-electron chi connectivity index (χ0n) is 17.4. The number of nitrogens with one attached hydrogen (secondary N) is 2. The fourth-order valence-corrected chi connectivity index (χ4v) is 4.31. The average Bonchev–Trinajstić information content (AvgIpc) is 2.80. The molecule has 0 unspecified atom stereocenters. The summed E-state index contributed by atoms with van der Waals surface area (Å²) in [4.78, 5) is 25.2. The van der Waals surface area contributed by atoms with E-state index in [2.05, 4.69) is 10.0 Å². The highest BCUT2D eigenvalue weighted by molar-refractivity contribution is 7.92. The van der Waals surface area contributed by atoms with Crippen molar-refractivity contribution in [2.24, 2.45) is 0 Å². The van der Waals surface area contributed by atoms with E-state index >= 15 is 0 Å². The molecule has 7 nitrogen and oxygen atoms in total. The standard InChI is InChI=1S/C23H21ClN2O5S/c1-3-25-23(28)19-14-17(10-12-21(19)31-2)32(29,30)26-20-11-9-16(24)13-18(20)22(27)15-7-5-4-6-8-15/h4-14,26H,3H2,1-2H3,(H,25,28). The van der Waals surface area contributed by atoms with E-state index < -0.39 is 15.9 Å². The van der Waals surface area contributed by atoms with Gasteiger partial charge in [-0.25, -0.2) is 8.42 Å². The second kappa shape index (κ2) is 9.84. The van der Waals surface area contributed by atoms with E-state index in [9.17, 15) is 18.0 Å². The Kier molecular flexibility index (Phi) is 7.17. The number of sulfonamides is 1. The first-order valence-corrected chi connectivity index (χ1v) is 11.5. The Hall–Kier alpha value is -3.36. The van der Waals surface area contributed by atoms with Crippen molar-refractivity contribution in [3.63, 3.8) is 0 Å². The van der Waals surface area contributed by atoms with Gasteiger partial charge in [0, 0.05) is 22.7 Å². The molecule has 0 radical (unpaired) electrons. The number of rotatable bonds is 8. The molecule has 0 atom stereocenters. The first-order valence-electron chi connectivity index (χ1n) is 9.65. The maximum Gasteiger partial charge on any atom is 0.261 e. The summed E-state index contributed by atoms with van der Waals surface area (Å²) in [5, 5.41) is 2.91. The molecule has 0 heterocycles. The highest BCUT2D eigenvalue weighted by Crippen LogP contribution is 2.28. The van der Waals surface area contributed by atoms with Crippen molar-refractivity contribution in [1.29, 1.82) is 0 Å². The van der Waals surface area contributed by atoms with Crippen LogP contribution in [0.3, 0.4) is 0 Å². The Morgan fingerprint density at radius 3 is 2.34 bits per heavy atom. The molecule has 0 saturated carbocycles. The molecule has 0 aliphatic heterocycles. The smallest absolute Gasteiger partial charge is 0.261 e. The van der Waals surface area contributed by atoms with Crippen LogP contribution in [0.15, 0.2) is 71.6 Å². The summed E-state index contributed by atoms with van der Waals surface area (Å²) < 4.78 is 33.8. The Labute approximate surface area is 191 Å². The summed E-state index contributed by atoms with van der Waals surface area (Å²) >= 11 is 6.07. The van der Waals surface area contributed by atoms with Gasteiger partial charge in [0.15, 0.2) is 5.78 Å². The molecule has 0 aromatic heterocycles. The predicted octanol–water partition coefficient (Wildman–Crippen LogP) is 4.13. The zero-order valence-corrected chi connectivity index (χ0v) is 19.0. The lowest BCUT2D eigenvalue weighted by Crippen LogP contribution is -2.24. The Balaban J connectivity index is 2.01. The van der Waals surface area contributed by atoms with Crippen LogP contribution in [0, 0.1) is 0 Å². The SMILES string of the molecule is CCNC(=O)c1cc(S(=O)(=O)Nc2ccc(Cl)cc2C(=O)c2ccccc2)ccc1OC. The highest BCUT2D eigenvalue weighted by Gasteiger charge is 2.23. The largest absolute Gasteiger partial charge is 0.496 e. The quantitative estimate of drug-likeness (QED) is 0.480. The van der Waals surface area contributed by atoms with E-state index in [0.29, 0.717) is 12.1 Å². The van der Waals surface area contributed by atoms with E-state index in [4.69, 9.17) is 16.3 Å². The summed E-state index contributed by atoms with van der Waals surface area (Å²) in [5.41, 5.74) is 0.635. The molecule has 0 saturated heterocycles. The predicted molar refractivity (Wildman–Crippen MR) is 123 cm³/mol. The maximum absolute atomic E-state index is 13.1. The molecule has 0 fully saturated rings. The van der Waals surface area contributed by atoms with Crippen LogP contribution in [0.1, 0.15) is 33.2 Å². The fraction of sp³-hybridized carbons (Fsp3) is 0.130. The third-order valence-electron chi connectivity index (χ3n) is 4.57. The molecule has 32 heavy (non-hydrogen) atoms. The zero-order chi connectivity index (χ0) is 23.3. The molecule has 166 valence electrons. The number of hydrogen-bond donors (Lipinski definition) is 2. The second-order valence-electron chi connectivity index (χ2n) is 6.71. The molecule has 3 aromatic carbocycles. The van der Waals surface area contributed by atoms with Gasteiger partial charge in [0.25, 0.3) is 15.9 Å². The molecule has 0 aliphatic carbocycles. The lowest BCUT2D eigenvalue weighted by Gasteiger charge is -2.14. The number of ether oxygens (including phenoxy) is 1. The molecule has 0 aliphatic rings. The molecule has 3 aromatic rings. The lowest BCUT2D eigenvalue weighted by atomic mass is 10.0. The van der Waals surface area contributed by atoms with Crippen LogP contribution in [0.5, 0.6) is 5.75 Å². The van der Waals surface area contributed by atoms with E-state index in [-0.39, 0.29) is 38.3 Å². The van der Waals surface area contributed by atoms with Gasteiger partial charge >= 0.3 is 0 Å². The molecule has 0 spiro atoms. The van der Waals surface area contributed by atoms with Crippen LogP contribution >= 0.6 is 11.6 Å². The monoisotopic (exact) mass is 472 g/mol. The summed E-state index contributed by atoms with van der Waals surface area (Å²) in [7, 11) is -2.75. The average molecular weight is 473 g/mol. The van der Waals surface area contributed by atoms with Crippen molar-refractivity contribution in [1.82, 2.24) is 5.32 Å². The normalized spacial score (nSPS) is 11.0. The number of halogens is 1. The van der Waals surface area contributed by atoms with Crippen LogP contribution in [0.2, 0.25) is 5.02 Å². The Morgan fingerprint density at radius 1 is 0.969 bits per heavy atom. The minimum Gasteiger partial charge on any atom is -0.496 e. The van der Waals surface area contributed by atoms with Crippen LogP contribution in [-0.4, -0.2) is 33.8 Å². The molecule has 2 N–H and O–H groups in total. The number of methoxy groups -OCH3 is 1. The molecule has 0 bridgehead atoms.